The standard InChI is InChI=1S/C17H20N/c1-2-8-17(9-3-1)18-13-14-10-11-15-6-4-5-7-16(15)12-14/h4-7,11-12,17-18H,1-3,8-9,13H2. The Morgan fingerprint density at radius 3 is 2.67 bits per heavy atom. The van der Waals surface area contributed by atoms with E-state index in [1.54, 1.807) is 0 Å². The van der Waals surface area contributed by atoms with Gasteiger partial charge in [0.1, 0.15) is 0 Å². The van der Waals surface area contributed by atoms with Gasteiger partial charge in [-0.25, -0.2) is 0 Å². The second-order valence-corrected chi connectivity index (χ2v) is 5.30. The van der Waals surface area contributed by atoms with E-state index < -0.39 is 0 Å². The first-order valence-corrected chi connectivity index (χ1v) is 7.04. The van der Waals surface area contributed by atoms with Crippen LogP contribution >= 0.6 is 0 Å². The van der Waals surface area contributed by atoms with Gasteiger partial charge in [0.15, 0.2) is 0 Å². The first-order chi connectivity index (χ1) is 8.92. The van der Waals surface area contributed by atoms with Crippen LogP contribution in [0.15, 0.2) is 36.4 Å². The monoisotopic (exact) mass is 238 g/mol. The largest absolute Gasteiger partial charge is 0.310 e. The second-order valence-electron chi connectivity index (χ2n) is 5.30. The highest BCUT2D eigenvalue weighted by Gasteiger charge is 2.12. The topological polar surface area (TPSA) is 12.0 Å². The van der Waals surface area contributed by atoms with Crippen molar-refractivity contribution in [3.05, 3.63) is 48.0 Å². The molecule has 0 bridgehead atoms. The third kappa shape index (κ3) is 2.73. The van der Waals surface area contributed by atoms with Gasteiger partial charge in [0.2, 0.25) is 0 Å². The van der Waals surface area contributed by atoms with E-state index >= 15 is 0 Å². The van der Waals surface area contributed by atoms with E-state index in [2.05, 4.69) is 47.8 Å². The van der Waals surface area contributed by atoms with Crippen molar-refractivity contribution in [2.45, 2.75) is 44.7 Å². The highest BCUT2D eigenvalue weighted by Crippen LogP contribution is 2.19. The molecule has 0 amide bonds. The third-order valence-electron chi connectivity index (χ3n) is 3.93. The van der Waals surface area contributed by atoms with Crippen LogP contribution in [0.25, 0.3) is 10.8 Å². The Bertz CT molecular complexity index is 512. The Morgan fingerprint density at radius 2 is 1.83 bits per heavy atom. The maximum Gasteiger partial charge on any atom is 0.0214 e. The highest BCUT2D eigenvalue weighted by atomic mass is 14.9. The van der Waals surface area contributed by atoms with Gasteiger partial charge in [-0.3, -0.25) is 0 Å². The first-order valence-electron chi connectivity index (χ1n) is 7.04. The molecule has 0 saturated heterocycles. The lowest BCUT2D eigenvalue weighted by atomic mass is 9.95. The maximum atomic E-state index is 3.67. The van der Waals surface area contributed by atoms with E-state index in [4.69, 9.17) is 0 Å². The fourth-order valence-electron chi connectivity index (χ4n) is 2.84. The summed E-state index contributed by atoms with van der Waals surface area (Å²) in [4.78, 5) is 0. The van der Waals surface area contributed by atoms with Gasteiger partial charge in [-0.2, -0.15) is 0 Å². The molecule has 1 heteroatoms. The van der Waals surface area contributed by atoms with Crippen LogP contribution in [0.2, 0.25) is 0 Å². The normalized spacial score (nSPS) is 17.1. The number of hydrogen-bond acceptors (Lipinski definition) is 1. The molecule has 2 aromatic rings. The van der Waals surface area contributed by atoms with Crippen LogP contribution < -0.4 is 5.32 Å². The lowest BCUT2D eigenvalue weighted by Crippen LogP contribution is -2.30. The Balaban J connectivity index is 1.66. The van der Waals surface area contributed by atoms with Crippen molar-refractivity contribution in [1.29, 1.82) is 0 Å². The molecule has 1 radical (unpaired) electrons. The molecule has 18 heavy (non-hydrogen) atoms. The molecule has 1 saturated carbocycles. The lowest BCUT2D eigenvalue weighted by Gasteiger charge is -2.22. The number of hydrogen-bond donors (Lipinski definition) is 1. The van der Waals surface area contributed by atoms with Gasteiger partial charge in [-0.1, -0.05) is 43.5 Å². The van der Waals surface area contributed by atoms with Gasteiger partial charge in [0.05, 0.1) is 0 Å². The molecule has 1 aliphatic rings. The van der Waals surface area contributed by atoms with Crippen molar-refractivity contribution < 1.29 is 0 Å². The summed E-state index contributed by atoms with van der Waals surface area (Å²) < 4.78 is 0. The van der Waals surface area contributed by atoms with E-state index in [1.165, 1.54) is 48.4 Å². The molecule has 0 atom stereocenters. The summed E-state index contributed by atoms with van der Waals surface area (Å²) in [6.45, 7) is 0.954. The summed E-state index contributed by atoms with van der Waals surface area (Å²) in [7, 11) is 0. The van der Waals surface area contributed by atoms with E-state index in [0.29, 0.717) is 0 Å². The van der Waals surface area contributed by atoms with E-state index in [9.17, 15) is 0 Å². The molecule has 0 unspecified atom stereocenters. The zero-order valence-corrected chi connectivity index (χ0v) is 10.8. The molecule has 1 aliphatic carbocycles. The average molecular weight is 238 g/mol. The molecule has 1 fully saturated rings. The van der Waals surface area contributed by atoms with Crippen molar-refractivity contribution >= 4 is 10.8 Å². The molecule has 0 spiro atoms. The van der Waals surface area contributed by atoms with Crippen LogP contribution in [0, 0.1) is 6.07 Å². The van der Waals surface area contributed by atoms with Gasteiger partial charge in [0, 0.05) is 12.6 Å². The van der Waals surface area contributed by atoms with Crippen LogP contribution in [0.1, 0.15) is 37.7 Å². The van der Waals surface area contributed by atoms with Crippen molar-refractivity contribution in [1.82, 2.24) is 5.32 Å². The molecule has 1 nitrogen and oxygen atoms in total. The molecular weight excluding hydrogens is 218 g/mol. The predicted molar refractivity (Wildman–Crippen MR) is 76.5 cm³/mol. The van der Waals surface area contributed by atoms with Gasteiger partial charge < -0.3 is 5.32 Å². The van der Waals surface area contributed by atoms with Crippen LogP contribution in [0.5, 0.6) is 0 Å². The van der Waals surface area contributed by atoms with Gasteiger partial charge in [0.25, 0.3) is 0 Å². The molecule has 0 aliphatic heterocycles. The second kappa shape index (κ2) is 5.53. The number of rotatable bonds is 3. The Hall–Kier alpha value is -1.34. The molecule has 1 N–H and O–H groups in total. The number of benzene rings is 2. The third-order valence-corrected chi connectivity index (χ3v) is 3.93. The fourth-order valence-corrected chi connectivity index (χ4v) is 2.84. The summed E-state index contributed by atoms with van der Waals surface area (Å²) in [5.74, 6) is 0. The maximum absolute atomic E-state index is 3.67. The molecule has 0 aromatic heterocycles. The quantitative estimate of drug-likeness (QED) is 0.850. The van der Waals surface area contributed by atoms with Crippen molar-refractivity contribution in [3.8, 4) is 0 Å². The van der Waals surface area contributed by atoms with Gasteiger partial charge in [-0.15, -0.1) is 0 Å². The number of nitrogens with one attached hydrogen (secondary N) is 1. The van der Waals surface area contributed by atoms with Crippen LogP contribution in [0.3, 0.4) is 0 Å². The summed E-state index contributed by atoms with van der Waals surface area (Å²) in [5.41, 5.74) is 1.28. The van der Waals surface area contributed by atoms with Gasteiger partial charge in [-0.05, 0) is 47.4 Å². The minimum atomic E-state index is 0.721. The van der Waals surface area contributed by atoms with E-state index in [-0.39, 0.29) is 0 Å². The minimum Gasteiger partial charge on any atom is -0.310 e. The summed E-state index contributed by atoms with van der Waals surface area (Å²) in [6.07, 6.45) is 6.87. The first kappa shape index (κ1) is 11.7. The van der Waals surface area contributed by atoms with Crippen molar-refractivity contribution in [2.24, 2.45) is 0 Å². The number of fused-ring (bicyclic) bond motifs is 1. The predicted octanol–water partition coefficient (Wildman–Crippen LogP) is 4.06. The van der Waals surface area contributed by atoms with E-state index in [1.807, 2.05) is 0 Å². The lowest BCUT2D eigenvalue weighted by molar-refractivity contribution is 0.372. The Morgan fingerprint density at radius 1 is 1.06 bits per heavy atom. The SMILES string of the molecule is [c]1cc2ccccc2cc1CNC1CCCCC1. The summed E-state index contributed by atoms with van der Waals surface area (Å²) in [5, 5.41) is 6.26. The minimum absolute atomic E-state index is 0.721. The molecular formula is C17H20N. The van der Waals surface area contributed by atoms with Crippen LogP contribution in [-0.4, -0.2) is 6.04 Å². The van der Waals surface area contributed by atoms with Crippen LogP contribution in [-0.2, 0) is 6.54 Å². The fraction of sp³-hybridized carbons (Fsp3) is 0.412. The molecule has 3 rings (SSSR count). The summed E-state index contributed by atoms with van der Waals surface area (Å²) in [6, 6.07) is 17.0. The average Bonchev–Trinajstić information content (AvgIpc) is 2.46. The smallest absolute Gasteiger partial charge is 0.0214 e. The molecule has 93 valence electrons. The molecule has 0 heterocycles. The van der Waals surface area contributed by atoms with Crippen molar-refractivity contribution in [2.75, 3.05) is 0 Å². The van der Waals surface area contributed by atoms with Crippen molar-refractivity contribution in [3.63, 3.8) is 0 Å². The Labute approximate surface area is 109 Å². The molecule has 2 aromatic carbocycles. The zero-order valence-electron chi connectivity index (χ0n) is 10.8. The highest BCUT2D eigenvalue weighted by molar-refractivity contribution is 5.82. The van der Waals surface area contributed by atoms with Gasteiger partial charge >= 0.3 is 0 Å². The van der Waals surface area contributed by atoms with E-state index in [0.717, 1.165) is 12.6 Å². The zero-order chi connectivity index (χ0) is 12.2. The summed E-state index contributed by atoms with van der Waals surface area (Å²) >= 11 is 0. The Kier molecular flexibility index (Phi) is 3.61. The van der Waals surface area contributed by atoms with Crippen LogP contribution in [0.4, 0.5) is 0 Å².